The lowest BCUT2D eigenvalue weighted by Crippen LogP contribution is -2.25. The van der Waals surface area contributed by atoms with Gasteiger partial charge < -0.3 is 4.52 Å². The van der Waals surface area contributed by atoms with Crippen LogP contribution in [-0.4, -0.2) is 35.1 Å². The molecular weight excluding hydrogens is 243 g/mol. The molecule has 0 amide bonds. The number of nitrogens with zero attached hydrogens (tertiary/aromatic N) is 2. The molecule has 0 aliphatic carbocycles. The Bertz CT molecular complexity index is 356. The molecule has 0 radical (unpaired) electrons. The summed E-state index contributed by atoms with van der Waals surface area (Å²) in [6, 6.07) is 10.7. The van der Waals surface area contributed by atoms with Crippen molar-refractivity contribution in [3.63, 3.8) is 0 Å². The maximum Gasteiger partial charge on any atom is 0.188 e. The van der Waals surface area contributed by atoms with Crippen LogP contribution in [0.15, 0.2) is 30.3 Å². The topological polar surface area (TPSA) is 15.7 Å². The van der Waals surface area contributed by atoms with E-state index >= 15 is 0 Å². The quantitative estimate of drug-likeness (QED) is 0.759. The molecule has 0 saturated carbocycles. The zero-order chi connectivity index (χ0) is 13.0. The van der Waals surface area contributed by atoms with E-state index in [1.165, 1.54) is 5.56 Å². The van der Waals surface area contributed by atoms with Gasteiger partial charge in [0.1, 0.15) is 0 Å². The fourth-order valence-corrected chi connectivity index (χ4v) is 4.41. The normalized spacial score (nSPS) is 24.9. The van der Waals surface area contributed by atoms with Gasteiger partial charge in [-0.2, -0.15) is 0 Å². The Morgan fingerprint density at radius 1 is 1.28 bits per heavy atom. The Hall–Kier alpha value is -0.470. The van der Waals surface area contributed by atoms with Gasteiger partial charge in [0.05, 0.1) is 6.10 Å². The Kier molecular flexibility index (Phi) is 5.13. The molecule has 2 unspecified atom stereocenters. The van der Waals surface area contributed by atoms with Crippen molar-refractivity contribution in [1.82, 2.24) is 9.34 Å². The Morgan fingerprint density at radius 3 is 2.56 bits per heavy atom. The molecule has 3 nitrogen and oxygen atoms in total. The molecule has 100 valence electrons. The second kappa shape index (κ2) is 6.63. The second-order valence-electron chi connectivity index (χ2n) is 4.64. The van der Waals surface area contributed by atoms with Crippen molar-refractivity contribution in [2.75, 3.05) is 19.6 Å². The van der Waals surface area contributed by atoms with Gasteiger partial charge in [-0.05, 0) is 12.5 Å². The van der Waals surface area contributed by atoms with Crippen LogP contribution < -0.4 is 0 Å². The SMILES string of the molecule is CCN(CC)P1OC(C)CN1Cc1ccccc1. The molecule has 0 N–H and O–H groups in total. The van der Waals surface area contributed by atoms with Gasteiger partial charge in [0, 0.05) is 26.2 Å². The summed E-state index contributed by atoms with van der Waals surface area (Å²) in [5.41, 5.74) is 1.37. The van der Waals surface area contributed by atoms with Gasteiger partial charge in [0.15, 0.2) is 8.45 Å². The van der Waals surface area contributed by atoms with Crippen LogP contribution in [-0.2, 0) is 11.1 Å². The fraction of sp³-hybridized carbons (Fsp3) is 0.571. The average molecular weight is 266 g/mol. The van der Waals surface area contributed by atoms with E-state index in [1.807, 2.05) is 0 Å². The van der Waals surface area contributed by atoms with Crippen LogP contribution >= 0.6 is 8.45 Å². The van der Waals surface area contributed by atoms with Gasteiger partial charge in [-0.1, -0.05) is 44.2 Å². The van der Waals surface area contributed by atoms with Crippen molar-refractivity contribution in [3.8, 4) is 0 Å². The largest absolute Gasteiger partial charge is 0.327 e. The molecule has 1 aliphatic rings. The summed E-state index contributed by atoms with van der Waals surface area (Å²) in [6.45, 7) is 10.7. The molecule has 18 heavy (non-hydrogen) atoms. The molecule has 1 heterocycles. The Labute approximate surface area is 112 Å². The first kappa shape index (κ1) is 14.0. The first-order valence-electron chi connectivity index (χ1n) is 6.75. The second-order valence-corrected chi connectivity index (χ2v) is 6.49. The Balaban J connectivity index is 2.05. The molecule has 1 fully saturated rings. The summed E-state index contributed by atoms with van der Waals surface area (Å²) < 4.78 is 11.0. The number of hydrogen-bond donors (Lipinski definition) is 0. The molecule has 0 aromatic heterocycles. The molecular formula is C14H23N2OP. The standard InChI is InChI=1S/C14H23N2OP/c1-4-15(5-2)18-16(11-13(3)17-18)12-14-9-7-6-8-10-14/h6-10,13H,4-5,11-12H2,1-3H3. The van der Waals surface area contributed by atoms with E-state index in [2.05, 4.69) is 60.4 Å². The van der Waals surface area contributed by atoms with Crippen LogP contribution in [0.3, 0.4) is 0 Å². The van der Waals surface area contributed by atoms with E-state index in [1.54, 1.807) is 0 Å². The van der Waals surface area contributed by atoms with Gasteiger partial charge in [0.2, 0.25) is 0 Å². The number of hydrogen-bond acceptors (Lipinski definition) is 3. The number of benzene rings is 1. The highest BCUT2D eigenvalue weighted by Gasteiger charge is 2.34. The molecule has 0 spiro atoms. The third-order valence-electron chi connectivity index (χ3n) is 3.16. The van der Waals surface area contributed by atoms with Crippen molar-refractivity contribution in [3.05, 3.63) is 35.9 Å². The van der Waals surface area contributed by atoms with Crippen molar-refractivity contribution < 1.29 is 4.52 Å². The zero-order valence-electron chi connectivity index (χ0n) is 11.5. The van der Waals surface area contributed by atoms with Gasteiger partial charge >= 0.3 is 0 Å². The van der Waals surface area contributed by atoms with E-state index in [0.29, 0.717) is 6.10 Å². The highest BCUT2D eigenvalue weighted by Crippen LogP contribution is 2.51. The van der Waals surface area contributed by atoms with Crippen LogP contribution in [0.4, 0.5) is 0 Å². The highest BCUT2D eigenvalue weighted by molar-refractivity contribution is 7.47. The van der Waals surface area contributed by atoms with E-state index in [0.717, 1.165) is 26.2 Å². The fourth-order valence-electron chi connectivity index (χ4n) is 2.26. The van der Waals surface area contributed by atoms with Crippen LogP contribution in [0.2, 0.25) is 0 Å². The molecule has 1 aromatic rings. The van der Waals surface area contributed by atoms with E-state index in [9.17, 15) is 0 Å². The maximum atomic E-state index is 6.11. The molecule has 4 heteroatoms. The summed E-state index contributed by atoms with van der Waals surface area (Å²) in [7, 11) is -0.569. The van der Waals surface area contributed by atoms with E-state index < -0.39 is 8.45 Å². The molecule has 1 aliphatic heterocycles. The van der Waals surface area contributed by atoms with Gasteiger partial charge in [0.25, 0.3) is 0 Å². The van der Waals surface area contributed by atoms with E-state index in [4.69, 9.17) is 4.52 Å². The highest BCUT2D eigenvalue weighted by atomic mass is 31.2. The zero-order valence-corrected chi connectivity index (χ0v) is 12.4. The maximum absolute atomic E-state index is 6.11. The third kappa shape index (κ3) is 3.30. The van der Waals surface area contributed by atoms with Crippen molar-refractivity contribution in [1.29, 1.82) is 0 Å². The third-order valence-corrected chi connectivity index (χ3v) is 5.55. The summed E-state index contributed by atoms with van der Waals surface area (Å²) in [4.78, 5) is 0. The summed E-state index contributed by atoms with van der Waals surface area (Å²) in [5, 5.41) is 0. The van der Waals surface area contributed by atoms with Crippen LogP contribution in [0, 0.1) is 0 Å². The molecule has 2 atom stereocenters. The van der Waals surface area contributed by atoms with E-state index in [-0.39, 0.29) is 0 Å². The minimum atomic E-state index is -0.569. The lowest BCUT2D eigenvalue weighted by molar-refractivity contribution is 0.263. The van der Waals surface area contributed by atoms with Crippen LogP contribution in [0.25, 0.3) is 0 Å². The van der Waals surface area contributed by atoms with Crippen LogP contribution in [0.1, 0.15) is 26.3 Å². The lowest BCUT2D eigenvalue weighted by Gasteiger charge is -2.30. The van der Waals surface area contributed by atoms with Crippen molar-refractivity contribution >= 4 is 8.45 Å². The summed E-state index contributed by atoms with van der Waals surface area (Å²) >= 11 is 0. The predicted octanol–water partition coefficient (Wildman–Crippen LogP) is 3.48. The molecule has 0 bridgehead atoms. The first-order chi connectivity index (χ1) is 8.74. The van der Waals surface area contributed by atoms with Gasteiger partial charge in [-0.15, -0.1) is 0 Å². The lowest BCUT2D eigenvalue weighted by atomic mass is 10.2. The number of rotatable bonds is 5. The Morgan fingerprint density at radius 2 is 1.94 bits per heavy atom. The summed E-state index contributed by atoms with van der Waals surface area (Å²) in [6.07, 6.45) is 0.348. The molecule has 2 rings (SSSR count). The molecule has 1 saturated heterocycles. The minimum Gasteiger partial charge on any atom is -0.327 e. The molecule has 1 aromatic carbocycles. The van der Waals surface area contributed by atoms with Crippen molar-refractivity contribution in [2.24, 2.45) is 0 Å². The first-order valence-corrected chi connectivity index (χ1v) is 7.91. The van der Waals surface area contributed by atoms with Crippen molar-refractivity contribution in [2.45, 2.75) is 33.4 Å². The minimum absolute atomic E-state index is 0.348. The predicted molar refractivity (Wildman–Crippen MR) is 77.2 cm³/mol. The smallest absolute Gasteiger partial charge is 0.188 e. The van der Waals surface area contributed by atoms with Gasteiger partial charge in [-0.3, -0.25) is 0 Å². The average Bonchev–Trinajstić information content (AvgIpc) is 2.73. The monoisotopic (exact) mass is 266 g/mol. The van der Waals surface area contributed by atoms with Gasteiger partial charge in [-0.25, -0.2) is 9.34 Å². The van der Waals surface area contributed by atoms with Crippen LogP contribution in [0.5, 0.6) is 0 Å². The summed E-state index contributed by atoms with van der Waals surface area (Å²) in [5.74, 6) is 0.